The van der Waals surface area contributed by atoms with Gasteiger partial charge in [0.25, 0.3) is 0 Å². The molecule has 16 heavy (non-hydrogen) atoms. The van der Waals surface area contributed by atoms with E-state index in [1.807, 2.05) is 0 Å². The summed E-state index contributed by atoms with van der Waals surface area (Å²) in [5, 5.41) is 0. The molecular weight excluding hydrogens is 200 g/mol. The number of hydrogen-bond acceptors (Lipinski definition) is 2. The summed E-state index contributed by atoms with van der Waals surface area (Å²) < 4.78 is 5.27. The summed E-state index contributed by atoms with van der Waals surface area (Å²) in [6, 6.07) is 4.29. The highest BCUT2D eigenvalue weighted by Gasteiger charge is 2.46. The number of carbonyl (C=O) groups excluding carboxylic acids is 1. The van der Waals surface area contributed by atoms with Crippen molar-refractivity contribution in [2.75, 3.05) is 13.2 Å². The van der Waals surface area contributed by atoms with Crippen LogP contribution in [0.4, 0.5) is 0 Å². The van der Waals surface area contributed by atoms with Gasteiger partial charge in [0, 0.05) is 0 Å². The molecule has 0 aromatic heterocycles. The molecule has 1 aliphatic heterocycles. The number of ether oxygens (including phenoxy) is 1. The molecule has 1 heterocycles. The van der Waals surface area contributed by atoms with Crippen LogP contribution < -0.4 is 0 Å². The molecule has 2 rings (SSSR count). The second kappa shape index (κ2) is 3.70. The van der Waals surface area contributed by atoms with E-state index in [4.69, 9.17) is 4.74 Å². The van der Waals surface area contributed by atoms with E-state index in [9.17, 15) is 4.79 Å². The van der Waals surface area contributed by atoms with Gasteiger partial charge < -0.3 is 4.74 Å². The first-order valence-corrected chi connectivity index (χ1v) is 5.64. The molecule has 1 aromatic carbocycles. The van der Waals surface area contributed by atoms with Crippen molar-refractivity contribution in [3.63, 3.8) is 0 Å². The van der Waals surface area contributed by atoms with E-state index in [0.29, 0.717) is 13.2 Å². The lowest BCUT2D eigenvalue weighted by Crippen LogP contribution is -2.53. The average molecular weight is 218 g/mol. The van der Waals surface area contributed by atoms with Crippen molar-refractivity contribution in [1.29, 1.82) is 0 Å². The fraction of sp³-hybridized carbons (Fsp3) is 0.500. The van der Waals surface area contributed by atoms with Crippen LogP contribution in [0.3, 0.4) is 0 Å². The number of ketones is 1. The zero-order valence-electron chi connectivity index (χ0n) is 10.4. The quantitative estimate of drug-likeness (QED) is 0.762. The maximum atomic E-state index is 11.9. The molecule has 1 aliphatic rings. The first-order valence-electron chi connectivity index (χ1n) is 5.64. The van der Waals surface area contributed by atoms with E-state index >= 15 is 0 Å². The molecule has 2 heteroatoms. The molecule has 0 aliphatic carbocycles. The van der Waals surface area contributed by atoms with E-state index in [0.717, 1.165) is 0 Å². The minimum absolute atomic E-state index is 0.216. The molecule has 2 nitrogen and oxygen atoms in total. The van der Waals surface area contributed by atoms with Crippen molar-refractivity contribution < 1.29 is 9.53 Å². The molecular formula is C14H18O2. The summed E-state index contributed by atoms with van der Waals surface area (Å²) in [5.41, 5.74) is 4.46. The molecule has 0 N–H and O–H groups in total. The summed E-state index contributed by atoms with van der Waals surface area (Å²) in [6.45, 7) is 8.99. The number of Topliss-reactive ketones (excluding diaryl/α,β-unsaturated/α-hetero) is 1. The van der Waals surface area contributed by atoms with Crippen molar-refractivity contribution in [1.82, 2.24) is 0 Å². The minimum Gasteiger partial charge on any atom is -0.378 e. The number of benzene rings is 1. The van der Waals surface area contributed by atoms with Crippen molar-refractivity contribution in [2.24, 2.45) is 0 Å². The predicted octanol–water partition coefficient (Wildman–Crippen LogP) is 2.47. The normalized spacial score (nSPS) is 18.0. The lowest BCUT2D eigenvalue weighted by atomic mass is 9.71. The molecule has 86 valence electrons. The smallest absolute Gasteiger partial charge is 0.145 e. The van der Waals surface area contributed by atoms with E-state index in [2.05, 4.69) is 32.9 Å². The van der Waals surface area contributed by atoms with Crippen molar-refractivity contribution in [3.05, 3.63) is 34.4 Å². The third kappa shape index (κ3) is 1.49. The number of hydrogen-bond donors (Lipinski definition) is 0. The van der Waals surface area contributed by atoms with Crippen LogP contribution >= 0.6 is 0 Å². The van der Waals surface area contributed by atoms with Crippen LogP contribution in [0.2, 0.25) is 0 Å². The third-order valence-electron chi connectivity index (χ3n) is 3.53. The van der Waals surface area contributed by atoms with Crippen LogP contribution in [-0.4, -0.2) is 19.0 Å². The highest BCUT2D eigenvalue weighted by molar-refractivity contribution is 5.90. The molecule has 0 radical (unpaired) electrons. The van der Waals surface area contributed by atoms with Crippen LogP contribution in [0, 0.1) is 20.8 Å². The molecule has 1 saturated heterocycles. The van der Waals surface area contributed by atoms with Crippen LogP contribution in [0.1, 0.15) is 29.2 Å². The summed E-state index contributed by atoms with van der Waals surface area (Å²) in [6.07, 6.45) is 0. The molecule has 1 aromatic rings. The number of aryl methyl sites for hydroxylation is 3. The van der Waals surface area contributed by atoms with Gasteiger partial charge in [0.15, 0.2) is 0 Å². The zero-order chi connectivity index (χ0) is 11.9. The highest BCUT2D eigenvalue weighted by atomic mass is 16.5. The van der Waals surface area contributed by atoms with E-state index < -0.39 is 0 Å². The zero-order valence-corrected chi connectivity index (χ0v) is 10.4. The van der Waals surface area contributed by atoms with Crippen LogP contribution in [0.25, 0.3) is 0 Å². The lowest BCUT2D eigenvalue weighted by molar-refractivity contribution is -0.140. The molecule has 0 atom stereocenters. The molecule has 0 spiro atoms. The topological polar surface area (TPSA) is 26.3 Å². The maximum absolute atomic E-state index is 11.9. The standard InChI is InChI=1S/C14H18O2/c1-9-5-10(2)13(11(3)6-9)14(12(4)15)7-16-8-14/h5-6H,7-8H2,1-4H3. The van der Waals surface area contributed by atoms with Crippen molar-refractivity contribution in [3.8, 4) is 0 Å². The van der Waals surface area contributed by atoms with Gasteiger partial charge >= 0.3 is 0 Å². The van der Waals surface area contributed by atoms with Gasteiger partial charge in [-0.15, -0.1) is 0 Å². The Hall–Kier alpha value is -1.15. The van der Waals surface area contributed by atoms with E-state index in [-0.39, 0.29) is 11.2 Å². The Morgan fingerprint density at radius 3 is 2.00 bits per heavy atom. The van der Waals surface area contributed by atoms with Gasteiger partial charge in [0.1, 0.15) is 11.2 Å². The van der Waals surface area contributed by atoms with Crippen LogP contribution in [0.5, 0.6) is 0 Å². The van der Waals surface area contributed by atoms with Gasteiger partial charge in [-0.25, -0.2) is 0 Å². The summed E-state index contributed by atoms with van der Waals surface area (Å²) >= 11 is 0. The molecule has 0 saturated carbocycles. The first kappa shape index (κ1) is 11.3. The Morgan fingerprint density at radius 2 is 1.69 bits per heavy atom. The maximum Gasteiger partial charge on any atom is 0.145 e. The Morgan fingerprint density at radius 1 is 1.19 bits per heavy atom. The summed E-state index contributed by atoms with van der Waals surface area (Å²) in [5.74, 6) is 0.216. The Bertz CT molecular complexity index is 419. The average Bonchev–Trinajstić information content (AvgIpc) is 2.06. The second-order valence-electron chi connectivity index (χ2n) is 4.90. The second-order valence-corrected chi connectivity index (χ2v) is 4.90. The third-order valence-corrected chi connectivity index (χ3v) is 3.53. The van der Waals surface area contributed by atoms with E-state index in [1.165, 1.54) is 22.3 Å². The molecule has 0 bridgehead atoms. The van der Waals surface area contributed by atoms with Crippen molar-refractivity contribution in [2.45, 2.75) is 33.1 Å². The van der Waals surface area contributed by atoms with E-state index in [1.54, 1.807) is 6.92 Å². The predicted molar refractivity (Wildman–Crippen MR) is 63.8 cm³/mol. The fourth-order valence-corrected chi connectivity index (χ4v) is 2.76. The van der Waals surface area contributed by atoms with Crippen LogP contribution in [0.15, 0.2) is 12.1 Å². The molecule has 0 unspecified atom stereocenters. The SMILES string of the molecule is CC(=O)C1(c2c(C)cc(C)cc2C)COC1. The van der Waals surface area contributed by atoms with Gasteiger partial charge in [-0.3, -0.25) is 4.79 Å². The summed E-state index contributed by atoms with van der Waals surface area (Å²) in [7, 11) is 0. The van der Waals surface area contributed by atoms with Crippen molar-refractivity contribution >= 4 is 5.78 Å². The van der Waals surface area contributed by atoms with Gasteiger partial charge in [0.05, 0.1) is 13.2 Å². The first-order chi connectivity index (χ1) is 7.47. The van der Waals surface area contributed by atoms with Gasteiger partial charge in [-0.2, -0.15) is 0 Å². The number of carbonyl (C=O) groups is 1. The minimum atomic E-state index is -0.373. The lowest BCUT2D eigenvalue weighted by Gasteiger charge is -2.41. The van der Waals surface area contributed by atoms with Gasteiger partial charge in [-0.1, -0.05) is 17.7 Å². The van der Waals surface area contributed by atoms with Gasteiger partial charge in [-0.05, 0) is 44.4 Å². The Balaban J connectivity index is 2.59. The largest absolute Gasteiger partial charge is 0.378 e. The van der Waals surface area contributed by atoms with Crippen LogP contribution in [-0.2, 0) is 14.9 Å². The Labute approximate surface area is 96.6 Å². The monoisotopic (exact) mass is 218 g/mol. The summed E-state index contributed by atoms with van der Waals surface area (Å²) in [4.78, 5) is 11.9. The molecule has 0 amide bonds. The Kier molecular flexibility index (Phi) is 2.62. The number of rotatable bonds is 2. The van der Waals surface area contributed by atoms with Gasteiger partial charge in [0.2, 0.25) is 0 Å². The highest BCUT2D eigenvalue weighted by Crippen LogP contribution is 2.37. The fourth-order valence-electron chi connectivity index (χ4n) is 2.76. The molecule has 1 fully saturated rings.